The Labute approximate surface area is 197 Å². The number of aromatic amines is 1. The third-order valence-corrected chi connectivity index (χ3v) is 7.78. The van der Waals surface area contributed by atoms with Gasteiger partial charge in [-0.1, -0.05) is 0 Å². The van der Waals surface area contributed by atoms with Gasteiger partial charge in [-0.05, 0) is 36.8 Å². The van der Waals surface area contributed by atoms with Crippen molar-refractivity contribution in [3.63, 3.8) is 0 Å². The molecule has 1 saturated heterocycles. The summed E-state index contributed by atoms with van der Waals surface area (Å²) in [6, 6.07) is 8.11. The van der Waals surface area contributed by atoms with E-state index in [1.54, 1.807) is 17.0 Å². The highest BCUT2D eigenvalue weighted by Gasteiger charge is 2.29. The average Bonchev–Trinajstić information content (AvgIpc) is 3.12. The normalized spacial score (nSPS) is 15.2. The molecule has 0 spiro atoms. The lowest BCUT2D eigenvalue weighted by Crippen LogP contribution is -2.37. The number of carbonyl (C=O) groups is 1. The topological polar surface area (TPSA) is 101 Å². The molecule has 1 aromatic heterocycles. The van der Waals surface area contributed by atoms with Crippen molar-refractivity contribution in [3.8, 4) is 17.2 Å². The van der Waals surface area contributed by atoms with Crippen molar-refractivity contribution in [3.05, 3.63) is 47.9 Å². The number of H-pyrrole nitrogens is 1. The highest BCUT2D eigenvalue weighted by atomic mass is 32.2. The number of amides is 1. The molecular formula is C23H26FN3O6S. The van der Waals surface area contributed by atoms with E-state index in [2.05, 4.69) is 4.98 Å². The monoisotopic (exact) mass is 491 g/mol. The fourth-order valence-corrected chi connectivity index (χ4v) is 5.58. The van der Waals surface area contributed by atoms with Gasteiger partial charge in [-0.3, -0.25) is 4.79 Å². The van der Waals surface area contributed by atoms with Crippen LogP contribution in [0.15, 0.2) is 41.3 Å². The lowest BCUT2D eigenvalue weighted by atomic mass is 10.2. The summed E-state index contributed by atoms with van der Waals surface area (Å²) < 4.78 is 56.8. The standard InChI is InChI=1S/C23H26FN3O6S/c1-31-19-14-20(32-2)22(33-3)21-17(19)13-18(25-21)23(28)26-9-4-10-27(12-11-26)34(29,30)16-7-5-15(24)6-8-16/h5-8,13-14,25H,4,9-12H2,1-3H3. The maximum Gasteiger partial charge on any atom is 0.270 e. The SMILES string of the molecule is COc1cc(OC)c2cc(C(=O)N3CCCN(S(=O)(=O)c4ccc(F)cc4)CC3)[nH]c2c1OC. The number of hydrogen-bond donors (Lipinski definition) is 1. The quantitative estimate of drug-likeness (QED) is 0.569. The number of rotatable bonds is 6. The van der Waals surface area contributed by atoms with Crippen LogP contribution in [0.25, 0.3) is 10.9 Å². The van der Waals surface area contributed by atoms with Crippen molar-refractivity contribution >= 4 is 26.8 Å². The number of aromatic nitrogens is 1. The van der Waals surface area contributed by atoms with E-state index in [0.29, 0.717) is 46.8 Å². The van der Waals surface area contributed by atoms with Gasteiger partial charge in [0.25, 0.3) is 5.91 Å². The van der Waals surface area contributed by atoms with Crippen LogP contribution < -0.4 is 14.2 Å². The van der Waals surface area contributed by atoms with E-state index in [0.717, 1.165) is 12.1 Å². The Morgan fingerprint density at radius 1 is 0.941 bits per heavy atom. The van der Waals surface area contributed by atoms with Crippen LogP contribution in [0.1, 0.15) is 16.9 Å². The van der Waals surface area contributed by atoms with Crippen molar-refractivity contribution < 1.29 is 31.8 Å². The van der Waals surface area contributed by atoms with E-state index in [-0.39, 0.29) is 30.4 Å². The van der Waals surface area contributed by atoms with Crippen LogP contribution in [-0.2, 0) is 10.0 Å². The molecule has 1 aliphatic rings. The van der Waals surface area contributed by atoms with Crippen LogP contribution in [-0.4, -0.2) is 76.0 Å². The number of halogens is 1. The molecule has 2 heterocycles. The zero-order chi connectivity index (χ0) is 24.5. The van der Waals surface area contributed by atoms with Crippen LogP contribution in [0.2, 0.25) is 0 Å². The largest absolute Gasteiger partial charge is 0.496 e. The van der Waals surface area contributed by atoms with Gasteiger partial charge >= 0.3 is 0 Å². The molecule has 0 atom stereocenters. The maximum absolute atomic E-state index is 13.3. The van der Waals surface area contributed by atoms with Gasteiger partial charge in [0.15, 0.2) is 11.5 Å². The predicted octanol–water partition coefficient (Wildman–Crippen LogP) is 2.87. The molecule has 0 bridgehead atoms. The summed E-state index contributed by atoms with van der Waals surface area (Å²) in [4.78, 5) is 18.1. The van der Waals surface area contributed by atoms with Gasteiger partial charge < -0.3 is 24.1 Å². The van der Waals surface area contributed by atoms with Crippen molar-refractivity contribution in [1.82, 2.24) is 14.2 Å². The molecule has 0 aliphatic carbocycles. The summed E-state index contributed by atoms with van der Waals surface area (Å²) in [6.07, 6.45) is 0.465. The summed E-state index contributed by atoms with van der Waals surface area (Å²) in [5.41, 5.74) is 0.895. The number of ether oxygens (including phenoxy) is 3. The summed E-state index contributed by atoms with van der Waals surface area (Å²) in [5.74, 6) is 0.667. The van der Waals surface area contributed by atoms with E-state index in [1.165, 1.54) is 37.8 Å². The maximum atomic E-state index is 13.3. The third kappa shape index (κ3) is 4.28. The first kappa shape index (κ1) is 23.8. The lowest BCUT2D eigenvalue weighted by Gasteiger charge is -2.21. The van der Waals surface area contributed by atoms with Crippen LogP contribution in [0.5, 0.6) is 17.2 Å². The first-order valence-electron chi connectivity index (χ1n) is 10.7. The molecule has 9 nitrogen and oxygen atoms in total. The summed E-state index contributed by atoms with van der Waals surface area (Å²) >= 11 is 0. The van der Waals surface area contributed by atoms with Crippen LogP contribution in [0, 0.1) is 5.82 Å². The number of benzene rings is 2. The number of sulfonamides is 1. The molecule has 11 heteroatoms. The summed E-state index contributed by atoms with van der Waals surface area (Å²) in [7, 11) is 0.766. The molecule has 1 amide bonds. The number of hydrogen-bond acceptors (Lipinski definition) is 6. The van der Waals surface area contributed by atoms with Gasteiger partial charge in [-0.2, -0.15) is 4.31 Å². The highest BCUT2D eigenvalue weighted by Crippen LogP contribution is 2.41. The summed E-state index contributed by atoms with van der Waals surface area (Å²) in [6.45, 7) is 0.995. The first-order valence-corrected chi connectivity index (χ1v) is 12.1. The van der Waals surface area contributed by atoms with Crippen molar-refractivity contribution in [2.75, 3.05) is 47.5 Å². The summed E-state index contributed by atoms with van der Waals surface area (Å²) in [5, 5.41) is 0.666. The average molecular weight is 492 g/mol. The Morgan fingerprint density at radius 3 is 2.29 bits per heavy atom. The van der Waals surface area contributed by atoms with E-state index in [4.69, 9.17) is 14.2 Å². The fraction of sp³-hybridized carbons (Fsp3) is 0.348. The molecule has 1 N–H and O–H groups in total. The first-order chi connectivity index (χ1) is 16.3. The van der Waals surface area contributed by atoms with Gasteiger partial charge in [0, 0.05) is 37.6 Å². The van der Waals surface area contributed by atoms with Crippen LogP contribution in [0.3, 0.4) is 0 Å². The molecule has 0 radical (unpaired) electrons. The van der Waals surface area contributed by atoms with Crippen LogP contribution in [0.4, 0.5) is 4.39 Å². The fourth-order valence-electron chi connectivity index (χ4n) is 4.12. The second kappa shape index (κ2) is 9.51. The third-order valence-electron chi connectivity index (χ3n) is 5.86. The minimum Gasteiger partial charge on any atom is -0.496 e. The molecule has 4 rings (SSSR count). The molecular weight excluding hydrogens is 465 g/mol. The van der Waals surface area contributed by atoms with Gasteiger partial charge in [-0.15, -0.1) is 0 Å². The minimum atomic E-state index is -3.79. The zero-order valence-corrected chi connectivity index (χ0v) is 19.9. The number of methoxy groups -OCH3 is 3. The predicted molar refractivity (Wildman–Crippen MR) is 124 cm³/mol. The van der Waals surface area contributed by atoms with E-state index in [9.17, 15) is 17.6 Å². The molecule has 1 aliphatic heterocycles. The Hall–Kier alpha value is -3.31. The second-order valence-corrected chi connectivity index (χ2v) is 9.73. The molecule has 182 valence electrons. The van der Waals surface area contributed by atoms with Gasteiger partial charge in [-0.25, -0.2) is 12.8 Å². The van der Waals surface area contributed by atoms with Gasteiger partial charge in [0.1, 0.15) is 17.3 Å². The van der Waals surface area contributed by atoms with Crippen molar-refractivity contribution in [1.29, 1.82) is 0 Å². The highest BCUT2D eigenvalue weighted by molar-refractivity contribution is 7.89. The van der Waals surface area contributed by atoms with Gasteiger partial charge in [0.05, 0.1) is 31.7 Å². The van der Waals surface area contributed by atoms with E-state index < -0.39 is 15.8 Å². The smallest absolute Gasteiger partial charge is 0.270 e. The number of fused-ring (bicyclic) bond motifs is 1. The Balaban J connectivity index is 1.58. The lowest BCUT2D eigenvalue weighted by molar-refractivity contribution is 0.0759. The Morgan fingerprint density at radius 2 is 1.65 bits per heavy atom. The second-order valence-electron chi connectivity index (χ2n) is 7.79. The van der Waals surface area contributed by atoms with Crippen LogP contribution >= 0.6 is 0 Å². The Kier molecular flexibility index (Phi) is 6.67. The van der Waals surface area contributed by atoms with E-state index in [1.807, 2.05) is 0 Å². The molecule has 3 aromatic rings. The molecule has 2 aromatic carbocycles. The number of nitrogens with one attached hydrogen (secondary N) is 1. The number of nitrogens with zero attached hydrogens (tertiary/aromatic N) is 2. The molecule has 0 unspecified atom stereocenters. The molecule has 0 saturated carbocycles. The Bertz CT molecular complexity index is 1310. The molecule has 1 fully saturated rings. The van der Waals surface area contributed by atoms with Crippen molar-refractivity contribution in [2.24, 2.45) is 0 Å². The molecule has 34 heavy (non-hydrogen) atoms. The van der Waals surface area contributed by atoms with Crippen molar-refractivity contribution in [2.45, 2.75) is 11.3 Å². The van der Waals surface area contributed by atoms with E-state index >= 15 is 0 Å². The zero-order valence-electron chi connectivity index (χ0n) is 19.1. The number of carbonyl (C=O) groups excluding carboxylic acids is 1. The minimum absolute atomic E-state index is 0.0254. The van der Waals surface area contributed by atoms with Gasteiger partial charge in [0.2, 0.25) is 10.0 Å².